The van der Waals surface area contributed by atoms with E-state index in [-0.39, 0.29) is 30.2 Å². The van der Waals surface area contributed by atoms with Crippen LogP contribution in [0, 0.1) is 5.92 Å². The maximum Gasteiger partial charge on any atom is 0.228 e. The molecular weight excluding hydrogens is 394 g/mol. The van der Waals surface area contributed by atoms with Gasteiger partial charge in [0.05, 0.1) is 31.9 Å². The summed E-state index contributed by atoms with van der Waals surface area (Å²) >= 11 is 0. The van der Waals surface area contributed by atoms with Crippen molar-refractivity contribution >= 4 is 17.5 Å². The van der Waals surface area contributed by atoms with Crippen LogP contribution in [0.1, 0.15) is 18.0 Å². The molecule has 2 aliphatic rings. The van der Waals surface area contributed by atoms with E-state index in [0.29, 0.717) is 30.3 Å². The smallest absolute Gasteiger partial charge is 0.228 e. The van der Waals surface area contributed by atoms with E-state index < -0.39 is 0 Å². The fourth-order valence-electron chi connectivity index (χ4n) is 4.49. The van der Waals surface area contributed by atoms with Gasteiger partial charge in [0.2, 0.25) is 11.8 Å². The lowest BCUT2D eigenvalue weighted by molar-refractivity contribution is -0.140. The largest absolute Gasteiger partial charge is 0.497 e. The standard InChI is InChI=1S/C24H29N3O4/c1-25-11-12-26(21(16-25)17-7-5-4-6-8-17)24(29)18-13-23(28)27(15-18)20-10-9-19(30-2)14-22(20)31-3/h4-10,14,18,21H,11-13,15-16H2,1-3H3/t18-,21+/m1/s1. The normalized spacial score (nSPS) is 22.0. The van der Waals surface area contributed by atoms with Crippen LogP contribution in [0.4, 0.5) is 5.69 Å². The number of anilines is 1. The molecule has 0 aliphatic carbocycles. The highest BCUT2D eigenvalue weighted by atomic mass is 16.5. The predicted molar refractivity (Wildman–Crippen MR) is 118 cm³/mol. The van der Waals surface area contributed by atoms with Crippen molar-refractivity contribution in [2.75, 3.05) is 52.3 Å². The molecule has 0 bridgehead atoms. The highest BCUT2D eigenvalue weighted by Gasteiger charge is 2.41. The minimum Gasteiger partial charge on any atom is -0.497 e. The summed E-state index contributed by atoms with van der Waals surface area (Å²) in [4.78, 5) is 32.3. The molecule has 2 fully saturated rings. The molecule has 0 spiro atoms. The van der Waals surface area contributed by atoms with E-state index in [9.17, 15) is 9.59 Å². The Bertz CT molecular complexity index is 949. The first-order valence-corrected chi connectivity index (χ1v) is 10.6. The van der Waals surface area contributed by atoms with Crippen molar-refractivity contribution in [3.05, 3.63) is 54.1 Å². The van der Waals surface area contributed by atoms with Crippen LogP contribution in [0.25, 0.3) is 0 Å². The molecule has 2 aliphatic heterocycles. The highest BCUT2D eigenvalue weighted by Crippen LogP contribution is 2.37. The average molecular weight is 424 g/mol. The zero-order valence-electron chi connectivity index (χ0n) is 18.3. The summed E-state index contributed by atoms with van der Waals surface area (Å²) in [7, 11) is 5.23. The van der Waals surface area contributed by atoms with Gasteiger partial charge >= 0.3 is 0 Å². The molecule has 2 aromatic carbocycles. The number of hydrogen-bond acceptors (Lipinski definition) is 5. The fraction of sp³-hybridized carbons (Fsp3) is 0.417. The average Bonchev–Trinajstić information content (AvgIpc) is 3.20. The second-order valence-corrected chi connectivity index (χ2v) is 8.16. The van der Waals surface area contributed by atoms with Gasteiger partial charge in [0.15, 0.2) is 0 Å². The summed E-state index contributed by atoms with van der Waals surface area (Å²) in [5.41, 5.74) is 1.79. The van der Waals surface area contributed by atoms with E-state index >= 15 is 0 Å². The molecule has 0 N–H and O–H groups in total. The first-order chi connectivity index (χ1) is 15.0. The van der Waals surface area contributed by atoms with Crippen LogP contribution in [0.15, 0.2) is 48.5 Å². The number of ether oxygens (including phenoxy) is 2. The maximum atomic E-state index is 13.5. The maximum absolute atomic E-state index is 13.5. The fourth-order valence-corrected chi connectivity index (χ4v) is 4.49. The van der Waals surface area contributed by atoms with Gasteiger partial charge in [-0.3, -0.25) is 9.59 Å². The van der Waals surface area contributed by atoms with E-state index in [4.69, 9.17) is 9.47 Å². The molecule has 2 atom stereocenters. The summed E-state index contributed by atoms with van der Waals surface area (Å²) in [6.07, 6.45) is 0.210. The molecule has 2 heterocycles. The van der Waals surface area contributed by atoms with Crippen molar-refractivity contribution in [2.45, 2.75) is 12.5 Å². The second kappa shape index (κ2) is 8.98. The molecule has 164 valence electrons. The number of rotatable bonds is 5. The van der Waals surface area contributed by atoms with Crippen molar-refractivity contribution < 1.29 is 19.1 Å². The number of nitrogens with zero attached hydrogens (tertiary/aromatic N) is 3. The third-order valence-corrected chi connectivity index (χ3v) is 6.20. The molecule has 2 saturated heterocycles. The molecule has 7 heteroatoms. The Labute approximate surface area is 183 Å². The van der Waals surface area contributed by atoms with Gasteiger partial charge in [-0.25, -0.2) is 0 Å². The molecule has 2 aromatic rings. The number of amides is 2. The van der Waals surface area contributed by atoms with Gasteiger partial charge in [0, 0.05) is 38.7 Å². The Hall–Kier alpha value is -3.06. The Morgan fingerprint density at radius 1 is 1.00 bits per heavy atom. The molecule has 4 rings (SSSR count). The van der Waals surface area contributed by atoms with Gasteiger partial charge in [0.25, 0.3) is 0 Å². The number of likely N-dealkylation sites (N-methyl/N-ethyl adjacent to an activating group) is 1. The lowest BCUT2D eigenvalue weighted by atomic mass is 9.99. The Morgan fingerprint density at radius 3 is 2.48 bits per heavy atom. The van der Waals surface area contributed by atoms with Crippen LogP contribution in [-0.4, -0.2) is 69.1 Å². The van der Waals surface area contributed by atoms with Crippen molar-refractivity contribution in [3.8, 4) is 11.5 Å². The van der Waals surface area contributed by atoms with E-state index in [2.05, 4.69) is 24.1 Å². The molecule has 7 nitrogen and oxygen atoms in total. The Balaban J connectivity index is 1.55. The third-order valence-electron chi connectivity index (χ3n) is 6.20. The van der Waals surface area contributed by atoms with Crippen molar-refractivity contribution in [3.63, 3.8) is 0 Å². The second-order valence-electron chi connectivity index (χ2n) is 8.16. The van der Waals surface area contributed by atoms with Crippen molar-refractivity contribution in [2.24, 2.45) is 5.92 Å². The molecule has 31 heavy (non-hydrogen) atoms. The lowest BCUT2D eigenvalue weighted by Gasteiger charge is -2.41. The van der Waals surface area contributed by atoms with Crippen LogP contribution < -0.4 is 14.4 Å². The van der Waals surface area contributed by atoms with E-state index in [0.717, 1.165) is 18.7 Å². The number of carbonyl (C=O) groups is 2. The quantitative estimate of drug-likeness (QED) is 0.740. The first kappa shape index (κ1) is 21.2. The number of carbonyl (C=O) groups excluding carboxylic acids is 2. The molecule has 0 unspecified atom stereocenters. The molecule has 0 saturated carbocycles. The number of methoxy groups -OCH3 is 2. The molecule has 2 amide bonds. The van der Waals surface area contributed by atoms with E-state index in [1.54, 1.807) is 31.3 Å². The van der Waals surface area contributed by atoms with Gasteiger partial charge in [-0.2, -0.15) is 0 Å². The highest BCUT2D eigenvalue weighted by molar-refractivity contribution is 6.01. The van der Waals surface area contributed by atoms with Gasteiger partial charge in [0.1, 0.15) is 11.5 Å². The zero-order chi connectivity index (χ0) is 22.0. The zero-order valence-corrected chi connectivity index (χ0v) is 18.3. The van der Waals surface area contributed by atoms with Crippen molar-refractivity contribution in [1.29, 1.82) is 0 Å². The summed E-state index contributed by atoms with van der Waals surface area (Å²) in [5.74, 6) is 0.831. The molecule has 0 aromatic heterocycles. The van der Waals surface area contributed by atoms with Crippen LogP contribution in [0.2, 0.25) is 0 Å². The third kappa shape index (κ3) is 4.23. The van der Waals surface area contributed by atoms with Crippen LogP contribution in [-0.2, 0) is 9.59 Å². The van der Waals surface area contributed by atoms with Crippen LogP contribution in [0.5, 0.6) is 11.5 Å². The Morgan fingerprint density at radius 2 is 1.77 bits per heavy atom. The number of piperazine rings is 1. The summed E-state index contributed by atoms with van der Waals surface area (Å²) in [6, 6.07) is 15.5. The van der Waals surface area contributed by atoms with Crippen molar-refractivity contribution in [1.82, 2.24) is 9.80 Å². The molecular formula is C24H29N3O4. The molecule has 0 radical (unpaired) electrons. The lowest BCUT2D eigenvalue weighted by Crippen LogP contribution is -2.51. The predicted octanol–water partition coefficient (Wildman–Crippen LogP) is 2.57. The summed E-state index contributed by atoms with van der Waals surface area (Å²) < 4.78 is 10.7. The topological polar surface area (TPSA) is 62.3 Å². The first-order valence-electron chi connectivity index (χ1n) is 10.6. The van der Waals surface area contributed by atoms with E-state index in [1.807, 2.05) is 29.2 Å². The van der Waals surface area contributed by atoms with Gasteiger partial charge in [-0.1, -0.05) is 30.3 Å². The van der Waals surface area contributed by atoms with Gasteiger partial charge in [-0.05, 0) is 24.7 Å². The Kier molecular flexibility index (Phi) is 6.13. The SMILES string of the molecule is COc1ccc(N2C[C@H](C(=O)N3CCN(C)C[C@H]3c3ccccc3)CC2=O)c(OC)c1. The van der Waals surface area contributed by atoms with E-state index in [1.165, 1.54) is 0 Å². The number of benzene rings is 2. The van der Waals surface area contributed by atoms with Gasteiger partial charge in [-0.15, -0.1) is 0 Å². The summed E-state index contributed by atoms with van der Waals surface area (Å²) in [5, 5.41) is 0. The van der Waals surface area contributed by atoms with Gasteiger partial charge < -0.3 is 24.2 Å². The summed E-state index contributed by atoms with van der Waals surface area (Å²) in [6.45, 7) is 2.62. The minimum absolute atomic E-state index is 0.00729. The minimum atomic E-state index is -0.367. The van der Waals surface area contributed by atoms with Crippen LogP contribution >= 0.6 is 0 Å². The number of hydrogen-bond donors (Lipinski definition) is 0. The monoisotopic (exact) mass is 423 g/mol. The van der Waals surface area contributed by atoms with Crippen LogP contribution in [0.3, 0.4) is 0 Å².